The minimum Gasteiger partial charge on any atom is -0.487 e. The monoisotopic (exact) mass is 299 g/mol. The number of benzene rings is 2. The van der Waals surface area contributed by atoms with Gasteiger partial charge in [-0.2, -0.15) is 5.26 Å². The summed E-state index contributed by atoms with van der Waals surface area (Å²) in [6.07, 6.45) is -0.327. The number of nitriles is 1. The van der Waals surface area contributed by atoms with Gasteiger partial charge in [0.05, 0.1) is 11.6 Å². The van der Waals surface area contributed by atoms with Crippen LogP contribution in [0.4, 0.5) is 8.78 Å². The Labute approximate surface area is 128 Å². The molecular formula is C18H15F2NO. The topological polar surface area (TPSA) is 33.0 Å². The molecule has 1 fully saturated rings. The normalized spacial score (nSPS) is 13.9. The van der Waals surface area contributed by atoms with Crippen LogP contribution in [0.15, 0.2) is 42.5 Å². The first-order chi connectivity index (χ1) is 10.7. The number of nitrogens with zero attached hydrogens (tertiary/aromatic N) is 1. The Kier molecular flexibility index (Phi) is 4.06. The van der Waals surface area contributed by atoms with Crippen LogP contribution in [0.2, 0.25) is 0 Å². The summed E-state index contributed by atoms with van der Waals surface area (Å²) in [4.78, 5) is 0. The second-order valence-corrected chi connectivity index (χ2v) is 5.35. The highest BCUT2D eigenvalue weighted by molar-refractivity contribution is 5.79. The number of alkyl halides is 2. The van der Waals surface area contributed by atoms with E-state index in [1.54, 1.807) is 18.2 Å². The smallest absolute Gasteiger partial charge is 0.272 e. The van der Waals surface area contributed by atoms with Gasteiger partial charge < -0.3 is 4.74 Å². The fraction of sp³-hybridized carbons (Fsp3) is 0.278. The van der Waals surface area contributed by atoms with Gasteiger partial charge in [-0.05, 0) is 36.5 Å². The highest BCUT2D eigenvalue weighted by atomic mass is 19.3. The van der Waals surface area contributed by atoms with Crippen LogP contribution in [0.5, 0.6) is 5.75 Å². The van der Waals surface area contributed by atoms with Gasteiger partial charge in [0.25, 0.3) is 6.43 Å². The zero-order valence-electron chi connectivity index (χ0n) is 11.9. The summed E-state index contributed by atoms with van der Waals surface area (Å²) in [6, 6.07) is 14.9. The highest BCUT2D eigenvalue weighted by Gasteiger charge is 2.28. The lowest BCUT2D eigenvalue weighted by atomic mass is 9.92. The van der Waals surface area contributed by atoms with Crippen molar-refractivity contribution in [1.82, 2.24) is 0 Å². The minimum atomic E-state index is -2.53. The highest BCUT2D eigenvalue weighted by Crippen LogP contribution is 2.47. The quantitative estimate of drug-likeness (QED) is 0.798. The molecule has 0 heterocycles. The summed E-state index contributed by atoms with van der Waals surface area (Å²) in [7, 11) is 0. The van der Waals surface area contributed by atoms with Crippen molar-refractivity contribution in [3.8, 4) is 22.9 Å². The van der Waals surface area contributed by atoms with Crippen LogP contribution in [0.3, 0.4) is 0 Å². The molecule has 0 aliphatic heterocycles. The molecular weight excluding hydrogens is 284 g/mol. The second kappa shape index (κ2) is 6.15. The van der Waals surface area contributed by atoms with Crippen molar-refractivity contribution in [3.05, 3.63) is 53.6 Å². The van der Waals surface area contributed by atoms with E-state index in [1.165, 1.54) is 0 Å². The predicted molar refractivity (Wildman–Crippen MR) is 80.1 cm³/mol. The zero-order chi connectivity index (χ0) is 15.5. The maximum absolute atomic E-state index is 12.4. The van der Waals surface area contributed by atoms with Crippen molar-refractivity contribution in [2.45, 2.75) is 25.2 Å². The fourth-order valence-electron chi connectivity index (χ4n) is 2.65. The van der Waals surface area contributed by atoms with Crippen LogP contribution in [0.1, 0.15) is 29.9 Å². The number of hydrogen-bond acceptors (Lipinski definition) is 2. The van der Waals surface area contributed by atoms with Crippen molar-refractivity contribution >= 4 is 0 Å². The Hall–Kier alpha value is -2.41. The zero-order valence-corrected chi connectivity index (χ0v) is 11.9. The Morgan fingerprint density at radius 2 is 1.91 bits per heavy atom. The van der Waals surface area contributed by atoms with Crippen molar-refractivity contribution in [2.24, 2.45) is 0 Å². The number of para-hydroxylation sites is 1. The van der Waals surface area contributed by atoms with Gasteiger partial charge in [-0.25, -0.2) is 8.78 Å². The van der Waals surface area contributed by atoms with Gasteiger partial charge in [0.2, 0.25) is 0 Å². The van der Waals surface area contributed by atoms with Gasteiger partial charge in [0, 0.05) is 11.1 Å². The molecule has 0 spiro atoms. The first-order valence-corrected chi connectivity index (χ1v) is 7.24. The largest absolute Gasteiger partial charge is 0.487 e. The summed E-state index contributed by atoms with van der Waals surface area (Å²) >= 11 is 0. The van der Waals surface area contributed by atoms with Gasteiger partial charge in [0.15, 0.2) is 0 Å². The number of halogens is 2. The average molecular weight is 299 g/mol. The van der Waals surface area contributed by atoms with Gasteiger partial charge in [-0.1, -0.05) is 30.3 Å². The molecule has 0 atom stereocenters. The Bertz CT molecular complexity index is 717. The lowest BCUT2D eigenvalue weighted by Crippen LogP contribution is -2.08. The Morgan fingerprint density at radius 1 is 1.14 bits per heavy atom. The van der Waals surface area contributed by atoms with E-state index >= 15 is 0 Å². The Morgan fingerprint density at radius 3 is 2.59 bits per heavy atom. The summed E-state index contributed by atoms with van der Waals surface area (Å²) in [5.74, 6) is 0.846. The van der Waals surface area contributed by atoms with Crippen molar-refractivity contribution in [3.63, 3.8) is 0 Å². The van der Waals surface area contributed by atoms with Crippen LogP contribution in [0, 0.1) is 11.3 Å². The van der Waals surface area contributed by atoms with E-state index in [1.807, 2.05) is 24.3 Å². The summed E-state index contributed by atoms with van der Waals surface area (Å²) in [6.45, 7) is -0.648. The van der Waals surface area contributed by atoms with Gasteiger partial charge in [0.1, 0.15) is 12.4 Å². The Balaban J connectivity index is 2.09. The molecule has 22 heavy (non-hydrogen) atoms. The minimum absolute atomic E-state index is 0.396. The molecule has 1 aliphatic rings. The molecule has 0 amide bonds. The first kappa shape index (κ1) is 14.5. The van der Waals surface area contributed by atoms with E-state index in [4.69, 9.17) is 4.74 Å². The molecule has 0 saturated heterocycles. The third-order valence-corrected chi connectivity index (χ3v) is 3.76. The lowest BCUT2D eigenvalue weighted by molar-refractivity contribution is 0.0822. The molecule has 0 N–H and O–H groups in total. The average Bonchev–Trinajstić information content (AvgIpc) is 3.37. The molecule has 1 aliphatic carbocycles. The molecule has 1 saturated carbocycles. The molecule has 0 unspecified atom stereocenters. The maximum Gasteiger partial charge on any atom is 0.272 e. The maximum atomic E-state index is 12.4. The van der Waals surface area contributed by atoms with Crippen molar-refractivity contribution < 1.29 is 13.5 Å². The van der Waals surface area contributed by atoms with Crippen LogP contribution in [-0.2, 0) is 0 Å². The fourth-order valence-corrected chi connectivity index (χ4v) is 2.65. The molecule has 2 aromatic rings. The summed E-state index contributed by atoms with van der Waals surface area (Å²) in [5.41, 5.74) is 3.18. The van der Waals surface area contributed by atoms with E-state index < -0.39 is 13.0 Å². The third-order valence-electron chi connectivity index (χ3n) is 3.76. The number of rotatable bonds is 5. The predicted octanol–water partition coefficient (Wildman–Crippen LogP) is 4.75. The molecule has 0 radical (unpaired) electrons. The molecule has 2 nitrogen and oxygen atoms in total. The van der Waals surface area contributed by atoms with Crippen LogP contribution in [-0.4, -0.2) is 13.0 Å². The molecule has 2 aromatic carbocycles. The molecule has 3 rings (SSSR count). The molecule has 112 valence electrons. The van der Waals surface area contributed by atoms with E-state index in [2.05, 4.69) is 6.07 Å². The van der Waals surface area contributed by atoms with Crippen LogP contribution >= 0.6 is 0 Å². The van der Waals surface area contributed by atoms with Crippen LogP contribution < -0.4 is 4.74 Å². The third kappa shape index (κ3) is 2.94. The molecule has 0 aromatic heterocycles. The van der Waals surface area contributed by atoms with Crippen molar-refractivity contribution in [1.29, 1.82) is 5.26 Å². The second-order valence-electron chi connectivity index (χ2n) is 5.35. The molecule has 0 bridgehead atoms. The number of ether oxygens (including phenoxy) is 1. The SMILES string of the molecule is N#Cc1cccc(C2CC2)c1-c1ccccc1OCC(F)F. The van der Waals surface area contributed by atoms with E-state index in [0.717, 1.165) is 24.0 Å². The summed E-state index contributed by atoms with van der Waals surface area (Å²) < 4.78 is 30.1. The summed E-state index contributed by atoms with van der Waals surface area (Å²) in [5, 5.41) is 9.40. The standard InChI is InChI=1S/C18H15F2NO/c19-17(20)11-22-16-7-2-1-5-15(16)18-13(10-21)4-3-6-14(18)12-8-9-12/h1-7,12,17H,8-9,11H2. The van der Waals surface area contributed by atoms with Crippen molar-refractivity contribution in [2.75, 3.05) is 6.61 Å². The molecule has 4 heteroatoms. The van der Waals surface area contributed by atoms with Crippen LogP contribution in [0.25, 0.3) is 11.1 Å². The van der Waals surface area contributed by atoms with Gasteiger partial charge >= 0.3 is 0 Å². The van der Waals surface area contributed by atoms with E-state index in [0.29, 0.717) is 22.8 Å². The van der Waals surface area contributed by atoms with Gasteiger partial charge in [-0.3, -0.25) is 0 Å². The van der Waals surface area contributed by atoms with E-state index in [-0.39, 0.29) is 0 Å². The first-order valence-electron chi connectivity index (χ1n) is 7.24. The lowest BCUT2D eigenvalue weighted by Gasteiger charge is -2.15. The van der Waals surface area contributed by atoms with Gasteiger partial charge in [-0.15, -0.1) is 0 Å². The number of hydrogen-bond donors (Lipinski definition) is 0. The van der Waals surface area contributed by atoms with E-state index in [9.17, 15) is 14.0 Å².